The van der Waals surface area contributed by atoms with Gasteiger partial charge < -0.3 is 0 Å². The zero-order valence-electron chi connectivity index (χ0n) is 10.7. The quantitative estimate of drug-likeness (QED) is 0.645. The highest BCUT2D eigenvalue weighted by Gasteiger charge is 2.25. The number of fused-ring (bicyclic) bond motifs is 1. The monoisotopic (exact) mass is 216 g/mol. The van der Waals surface area contributed by atoms with Gasteiger partial charge in [0.25, 0.3) is 0 Å². The van der Waals surface area contributed by atoms with E-state index in [-0.39, 0.29) is 0 Å². The van der Waals surface area contributed by atoms with Gasteiger partial charge in [-0.3, -0.25) is 0 Å². The molecule has 1 aromatic carbocycles. The van der Waals surface area contributed by atoms with Gasteiger partial charge in [-0.25, -0.2) is 0 Å². The highest BCUT2D eigenvalue weighted by molar-refractivity contribution is 5.35. The van der Waals surface area contributed by atoms with E-state index in [1.165, 1.54) is 38.5 Å². The minimum atomic E-state index is 0.842. The number of hydrogen-bond donors (Lipinski definition) is 0. The van der Waals surface area contributed by atoms with Gasteiger partial charge in [0.2, 0.25) is 0 Å². The second kappa shape index (κ2) is 5.52. The summed E-state index contributed by atoms with van der Waals surface area (Å²) >= 11 is 0. The Bertz CT molecular complexity index is 294. The van der Waals surface area contributed by atoms with Gasteiger partial charge in [-0.1, -0.05) is 51.0 Å². The molecular weight excluding hydrogens is 192 g/mol. The normalized spacial score (nSPS) is 24.1. The summed E-state index contributed by atoms with van der Waals surface area (Å²) in [6, 6.07) is 9.18. The highest BCUT2D eigenvalue weighted by atomic mass is 14.3. The van der Waals surface area contributed by atoms with Crippen LogP contribution in [0.1, 0.15) is 75.3 Å². The van der Waals surface area contributed by atoms with E-state index in [0.29, 0.717) is 0 Å². The average molecular weight is 216 g/mol. The molecule has 16 heavy (non-hydrogen) atoms. The Kier molecular flexibility index (Phi) is 4.04. The lowest BCUT2D eigenvalue weighted by molar-refractivity contribution is 0.441. The van der Waals surface area contributed by atoms with E-state index in [4.69, 9.17) is 0 Å². The van der Waals surface area contributed by atoms with Crippen molar-refractivity contribution in [1.82, 2.24) is 0 Å². The Morgan fingerprint density at radius 1 is 0.875 bits per heavy atom. The molecule has 2 unspecified atom stereocenters. The van der Waals surface area contributed by atoms with Gasteiger partial charge in [0.05, 0.1) is 0 Å². The van der Waals surface area contributed by atoms with Gasteiger partial charge in [-0.15, -0.1) is 0 Å². The van der Waals surface area contributed by atoms with Crippen molar-refractivity contribution in [3.63, 3.8) is 0 Å². The molecule has 0 heteroatoms. The molecule has 2 rings (SSSR count). The van der Waals surface area contributed by atoms with E-state index < -0.39 is 0 Å². The molecule has 1 aromatic rings. The van der Waals surface area contributed by atoms with Crippen LogP contribution in [0.25, 0.3) is 0 Å². The largest absolute Gasteiger partial charge is 0.0654 e. The molecule has 0 saturated heterocycles. The molecule has 0 heterocycles. The molecule has 0 aromatic heterocycles. The maximum absolute atomic E-state index is 2.37. The van der Waals surface area contributed by atoms with Crippen LogP contribution in [0.15, 0.2) is 24.3 Å². The predicted molar refractivity (Wildman–Crippen MR) is 71.0 cm³/mol. The lowest BCUT2D eigenvalue weighted by atomic mass is 9.74. The molecule has 0 saturated carbocycles. The van der Waals surface area contributed by atoms with Crippen molar-refractivity contribution in [3.05, 3.63) is 35.4 Å². The second-order valence-electron chi connectivity index (χ2n) is 5.18. The van der Waals surface area contributed by atoms with Gasteiger partial charge >= 0.3 is 0 Å². The summed E-state index contributed by atoms with van der Waals surface area (Å²) in [7, 11) is 0. The molecule has 1 aliphatic rings. The Balaban J connectivity index is 2.25. The van der Waals surface area contributed by atoms with Crippen molar-refractivity contribution < 1.29 is 0 Å². The highest BCUT2D eigenvalue weighted by Crippen LogP contribution is 2.42. The zero-order chi connectivity index (χ0) is 11.4. The van der Waals surface area contributed by atoms with Crippen LogP contribution < -0.4 is 0 Å². The van der Waals surface area contributed by atoms with Gasteiger partial charge in [0, 0.05) is 0 Å². The lowest BCUT2D eigenvalue weighted by Crippen LogP contribution is -2.14. The third-order valence-corrected chi connectivity index (χ3v) is 4.01. The van der Waals surface area contributed by atoms with E-state index >= 15 is 0 Å². The zero-order valence-corrected chi connectivity index (χ0v) is 10.7. The first-order valence-electron chi connectivity index (χ1n) is 6.95. The Labute approximate surface area is 100 Å². The van der Waals surface area contributed by atoms with Crippen LogP contribution in [0, 0.1) is 0 Å². The fourth-order valence-electron chi connectivity index (χ4n) is 3.26. The summed E-state index contributed by atoms with van der Waals surface area (Å²) in [5.74, 6) is 1.68. The first kappa shape index (κ1) is 11.7. The summed E-state index contributed by atoms with van der Waals surface area (Å²) in [4.78, 5) is 0. The van der Waals surface area contributed by atoms with E-state index in [2.05, 4.69) is 38.1 Å². The minimum absolute atomic E-state index is 0.842. The van der Waals surface area contributed by atoms with Crippen LogP contribution in [-0.4, -0.2) is 0 Å². The van der Waals surface area contributed by atoms with E-state index in [9.17, 15) is 0 Å². The third kappa shape index (κ3) is 2.31. The summed E-state index contributed by atoms with van der Waals surface area (Å²) in [6.45, 7) is 4.61. The van der Waals surface area contributed by atoms with Crippen molar-refractivity contribution in [2.45, 2.75) is 64.2 Å². The molecule has 0 radical (unpaired) electrons. The summed E-state index contributed by atoms with van der Waals surface area (Å²) in [5.41, 5.74) is 3.32. The molecule has 0 aliphatic heterocycles. The predicted octanol–water partition coefficient (Wildman–Crippen LogP) is 5.25. The van der Waals surface area contributed by atoms with Crippen LogP contribution in [-0.2, 0) is 0 Å². The van der Waals surface area contributed by atoms with E-state index in [1.54, 1.807) is 11.1 Å². The molecular formula is C16H24. The van der Waals surface area contributed by atoms with Crippen molar-refractivity contribution >= 4 is 0 Å². The molecule has 2 atom stereocenters. The van der Waals surface area contributed by atoms with Crippen molar-refractivity contribution in [3.8, 4) is 0 Å². The van der Waals surface area contributed by atoms with Crippen LogP contribution in [0.4, 0.5) is 0 Å². The SMILES string of the molecule is CCCC1CCC(CCC)c2ccccc21. The topological polar surface area (TPSA) is 0 Å². The van der Waals surface area contributed by atoms with Crippen LogP contribution in [0.5, 0.6) is 0 Å². The van der Waals surface area contributed by atoms with Gasteiger partial charge in [0.15, 0.2) is 0 Å². The summed E-state index contributed by atoms with van der Waals surface area (Å²) in [6.07, 6.45) is 8.20. The van der Waals surface area contributed by atoms with Crippen LogP contribution in [0.3, 0.4) is 0 Å². The standard InChI is InChI=1S/C16H24/c1-3-7-13-11-12-14(8-4-2)16-10-6-5-9-15(13)16/h5-6,9-10,13-14H,3-4,7-8,11-12H2,1-2H3. The average Bonchev–Trinajstić information content (AvgIpc) is 2.33. The van der Waals surface area contributed by atoms with Gasteiger partial charge in [-0.2, -0.15) is 0 Å². The summed E-state index contributed by atoms with van der Waals surface area (Å²) in [5, 5.41) is 0. The molecule has 0 bridgehead atoms. The maximum atomic E-state index is 2.37. The smallest absolute Gasteiger partial charge is 0.0159 e. The van der Waals surface area contributed by atoms with Crippen molar-refractivity contribution in [2.24, 2.45) is 0 Å². The molecule has 88 valence electrons. The molecule has 1 aliphatic carbocycles. The maximum Gasteiger partial charge on any atom is -0.0159 e. The molecule has 0 fully saturated rings. The Morgan fingerprint density at radius 3 is 1.69 bits per heavy atom. The van der Waals surface area contributed by atoms with Gasteiger partial charge in [0.1, 0.15) is 0 Å². The molecule has 0 nitrogen and oxygen atoms in total. The first-order chi connectivity index (χ1) is 7.86. The fraction of sp³-hybridized carbons (Fsp3) is 0.625. The van der Waals surface area contributed by atoms with Gasteiger partial charge in [-0.05, 0) is 48.6 Å². The number of hydrogen-bond acceptors (Lipinski definition) is 0. The second-order valence-corrected chi connectivity index (χ2v) is 5.18. The Hall–Kier alpha value is -0.780. The van der Waals surface area contributed by atoms with E-state index in [1.807, 2.05) is 0 Å². The Morgan fingerprint density at radius 2 is 1.31 bits per heavy atom. The van der Waals surface area contributed by atoms with Crippen LogP contribution in [0.2, 0.25) is 0 Å². The van der Waals surface area contributed by atoms with Crippen molar-refractivity contribution in [2.75, 3.05) is 0 Å². The third-order valence-electron chi connectivity index (χ3n) is 4.01. The summed E-state index contributed by atoms with van der Waals surface area (Å²) < 4.78 is 0. The molecule has 0 amide bonds. The molecule has 0 N–H and O–H groups in total. The fourth-order valence-corrected chi connectivity index (χ4v) is 3.26. The first-order valence-corrected chi connectivity index (χ1v) is 6.95. The van der Waals surface area contributed by atoms with Crippen molar-refractivity contribution in [1.29, 1.82) is 0 Å². The number of rotatable bonds is 4. The molecule has 0 spiro atoms. The van der Waals surface area contributed by atoms with Crippen LogP contribution >= 0.6 is 0 Å². The lowest BCUT2D eigenvalue weighted by Gasteiger charge is -2.31. The van der Waals surface area contributed by atoms with E-state index in [0.717, 1.165) is 11.8 Å². The number of benzene rings is 1. The minimum Gasteiger partial charge on any atom is -0.0654 e.